The summed E-state index contributed by atoms with van der Waals surface area (Å²) in [6, 6.07) is 36.0. The molecular formula is C30H26OS. The van der Waals surface area contributed by atoms with E-state index >= 15 is 0 Å². The van der Waals surface area contributed by atoms with E-state index in [0.717, 1.165) is 39.4 Å². The molecule has 1 aromatic heterocycles. The van der Waals surface area contributed by atoms with Crippen LogP contribution in [0.2, 0.25) is 0 Å². The Morgan fingerprint density at radius 3 is 1.91 bits per heavy atom. The fraction of sp³-hybridized carbons (Fsp3) is 0.167. The second-order valence-corrected chi connectivity index (χ2v) is 9.46. The van der Waals surface area contributed by atoms with Crippen LogP contribution in [0.1, 0.15) is 42.9 Å². The van der Waals surface area contributed by atoms with Crippen molar-refractivity contribution in [2.45, 2.75) is 31.6 Å². The largest absolute Gasteiger partial charge is 0.289 e. The highest BCUT2D eigenvalue weighted by Crippen LogP contribution is 2.44. The highest BCUT2D eigenvalue weighted by atomic mass is 32.1. The van der Waals surface area contributed by atoms with Crippen LogP contribution in [0.5, 0.6) is 0 Å². The van der Waals surface area contributed by atoms with E-state index in [0.29, 0.717) is 0 Å². The predicted molar refractivity (Wildman–Crippen MR) is 138 cm³/mol. The molecule has 0 amide bonds. The molecule has 1 heterocycles. The third-order valence-electron chi connectivity index (χ3n) is 6.51. The molecule has 0 aliphatic carbocycles. The maximum atomic E-state index is 13.5. The van der Waals surface area contributed by atoms with Crippen LogP contribution in [-0.2, 0) is 5.41 Å². The Kier molecular flexibility index (Phi) is 5.63. The Hall–Kier alpha value is -3.23. The second kappa shape index (κ2) is 8.72. The maximum absolute atomic E-state index is 13.5. The zero-order valence-corrected chi connectivity index (χ0v) is 19.1. The van der Waals surface area contributed by atoms with Gasteiger partial charge < -0.3 is 0 Å². The lowest BCUT2D eigenvalue weighted by Gasteiger charge is -2.36. The van der Waals surface area contributed by atoms with Crippen molar-refractivity contribution >= 4 is 31.5 Å². The Morgan fingerprint density at radius 1 is 0.656 bits per heavy atom. The molecule has 4 aromatic carbocycles. The molecule has 1 nitrogen and oxygen atoms in total. The van der Waals surface area contributed by atoms with Gasteiger partial charge in [0.1, 0.15) is 0 Å². The number of fused-ring (bicyclic) bond motifs is 2. The van der Waals surface area contributed by atoms with Gasteiger partial charge in [-0.05, 0) is 47.4 Å². The minimum Gasteiger partial charge on any atom is -0.289 e. The molecule has 0 fully saturated rings. The zero-order chi connectivity index (χ0) is 22.0. The summed E-state index contributed by atoms with van der Waals surface area (Å²) < 4.78 is 2.09. The summed E-state index contributed by atoms with van der Waals surface area (Å²) >= 11 is 1.69. The first-order valence-corrected chi connectivity index (χ1v) is 12.1. The molecule has 0 N–H and O–H groups in total. The molecule has 5 aromatic rings. The van der Waals surface area contributed by atoms with E-state index in [1.54, 1.807) is 11.3 Å². The Balaban J connectivity index is 1.84. The molecule has 0 bridgehead atoms. The summed E-state index contributed by atoms with van der Waals surface area (Å²) in [5.74, 6) is 0. The molecule has 0 spiro atoms. The molecule has 158 valence electrons. The summed E-state index contributed by atoms with van der Waals surface area (Å²) in [6.07, 6.45) is 3.22. The van der Waals surface area contributed by atoms with E-state index < -0.39 is 0 Å². The molecule has 0 saturated carbocycles. The SMILES string of the molecule is CCCCC(c1ccccc1)(c1ccccc1)c1ccc2sc3ccccc3c(=O)c2c1. The number of rotatable bonds is 6. The molecule has 5 rings (SSSR count). The van der Waals surface area contributed by atoms with Crippen molar-refractivity contribution in [2.75, 3.05) is 0 Å². The lowest BCUT2D eigenvalue weighted by Crippen LogP contribution is -2.29. The van der Waals surface area contributed by atoms with Crippen LogP contribution in [0.4, 0.5) is 0 Å². The molecule has 32 heavy (non-hydrogen) atoms. The summed E-state index contributed by atoms with van der Waals surface area (Å²) in [5.41, 5.74) is 3.57. The monoisotopic (exact) mass is 434 g/mol. The van der Waals surface area contributed by atoms with E-state index in [-0.39, 0.29) is 10.8 Å². The van der Waals surface area contributed by atoms with Crippen LogP contribution in [-0.4, -0.2) is 0 Å². The number of unbranched alkanes of at least 4 members (excludes halogenated alkanes) is 1. The lowest BCUT2D eigenvalue weighted by atomic mass is 9.66. The second-order valence-electron chi connectivity index (χ2n) is 8.38. The van der Waals surface area contributed by atoms with E-state index in [9.17, 15) is 4.79 Å². The average molecular weight is 435 g/mol. The van der Waals surface area contributed by atoms with Crippen LogP contribution in [0.3, 0.4) is 0 Å². The topological polar surface area (TPSA) is 17.1 Å². The smallest absolute Gasteiger partial charge is 0.195 e. The van der Waals surface area contributed by atoms with Crippen molar-refractivity contribution in [3.8, 4) is 0 Å². The third kappa shape index (κ3) is 3.45. The predicted octanol–water partition coefficient (Wildman–Crippen LogP) is 7.94. The van der Waals surface area contributed by atoms with Crippen LogP contribution in [0.25, 0.3) is 20.2 Å². The molecule has 0 radical (unpaired) electrons. The Morgan fingerprint density at radius 2 is 1.25 bits per heavy atom. The molecule has 0 aliphatic heterocycles. The van der Waals surface area contributed by atoms with Crippen LogP contribution in [0, 0.1) is 0 Å². The molecule has 0 saturated heterocycles. The van der Waals surface area contributed by atoms with Gasteiger partial charge in [0.25, 0.3) is 0 Å². The Labute approximate surface area is 193 Å². The van der Waals surface area contributed by atoms with Crippen molar-refractivity contribution < 1.29 is 0 Å². The van der Waals surface area contributed by atoms with E-state index in [1.807, 2.05) is 24.3 Å². The minimum atomic E-state index is -0.296. The number of benzene rings is 4. The maximum Gasteiger partial charge on any atom is 0.195 e. The highest BCUT2D eigenvalue weighted by molar-refractivity contribution is 7.24. The summed E-state index contributed by atoms with van der Waals surface area (Å²) in [4.78, 5) is 13.5. The first-order chi connectivity index (χ1) is 15.7. The van der Waals surface area contributed by atoms with Crippen molar-refractivity contribution in [1.82, 2.24) is 0 Å². The summed E-state index contributed by atoms with van der Waals surface area (Å²) in [5, 5.41) is 1.62. The fourth-order valence-electron chi connectivity index (χ4n) is 4.89. The van der Waals surface area contributed by atoms with Gasteiger partial charge >= 0.3 is 0 Å². The van der Waals surface area contributed by atoms with E-state index in [2.05, 4.69) is 85.8 Å². The summed E-state index contributed by atoms with van der Waals surface area (Å²) in [6.45, 7) is 2.24. The molecule has 0 unspecified atom stereocenters. The molecule has 0 aliphatic rings. The number of hydrogen-bond donors (Lipinski definition) is 0. The highest BCUT2D eigenvalue weighted by Gasteiger charge is 2.35. The van der Waals surface area contributed by atoms with Gasteiger partial charge in [-0.3, -0.25) is 4.79 Å². The van der Waals surface area contributed by atoms with Gasteiger partial charge in [0.05, 0.1) is 0 Å². The van der Waals surface area contributed by atoms with Crippen molar-refractivity contribution in [3.63, 3.8) is 0 Å². The Bertz CT molecular complexity index is 1380. The van der Waals surface area contributed by atoms with E-state index in [4.69, 9.17) is 0 Å². The average Bonchev–Trinajstić information content (AvgIpc) is 2.86. The number of hydrogen-bond acceptors (Lipinski definition) is 2. The van der Waals surface area contributed by atoms with Crippen LogP contribution >= 0.6 is 11.3 Å². The van der Waals surface area contributed by atoms with Gasteiger partial charge in [0.2, 0.25) is 0 Å². The summed E-state index contributed by atoms with van der Waals surface area (Å²) in [7, 11) is 0. The third-order valence-corrected chi connectivity index (χ3v) is 7.66. The van der Waals surface area contributed by atoms with Crippen molar-refractivity contribution in [2.24, 2.45) is 0 Å². The van der Waals surface area contributed by atoms with Gasteiger partial charge in [-0.25, -0.2) is 0 Å². The first-order valence-electron chi connectivity index (χ1n) is 11.3. The minimum absolute atomic E-state index is 0.127. The van der Waals surface area contributed by atoms with Gasteiger partial charge in [0.15, 0.2) is 5.43 Å². The first kappa shape index (κ1) is 20.7. The molecular weight excluding hydrogens is 408 g/mol. The van der Waals surface area contributed by atoms with Gasteiger partial charge in [-0.15, -0.1) is 11.3 Å². The van der Waals surface area contributed by atoms with Crippen molar-refractivity contribution in [3.05, 3.63) is 130 Å². The quantitative estimate of drug-likeness (QED) is 0.196. The standard InChI is InChI=1S/C30H26OS/c1-2-3-20-30(22-12-6-4-7-13-22,23-14-8-5-9-15-23)24-18-19-28-26(21-24)29(31)25-16-10-11-17-27(25)32-28/h4-19,21H,2-3,20H2,1H3. The molecule has 0 atom stereocenters. The zero-order valence-electron chi connectivity index (χ0n) is 18.3. The van der Waals surface area contributed by atoms with Crippen LogP contribution in [0.15, 0.2) is 108 Å². The van der Waals surface area contributed by atoms with Gasteiger partial charge in [0, 0.05) is 25.6 Å². The van der Waals surface area contributed by atoms with Crippen LogP contribution < -0.4 is 5.43 Å². The van der Waals surface area contributed by atoms with E-state index in [1.165, 1.54) is 16.7 Å². The molecule has 2 heteroatoms. The lowest BCUT2D eigenvalue weighted by molar-refractivity contribution is 0.528. The van der Waals surface area contributed by atoms with Gasteiger partial charge in [-0.1, -0.05) is 98.6 Å². The van der Waals surface area contributed by atoms with Gasteiger partial charge in [-0.2, -0.15) is 0 Å². The van der Waals surface area contributed by atoms with Crippen molar-refractivity contribution in [1.29, 1.82) is 0 Å². The fourth-order valence-corrected chi connectivity index (χ4v) is 5.94. The normalized spacial score (nSPS) is 11.8.